The van der Waals surface area contributed by atoms with Crippen LogP contribution in [0.25, 0.3) is 0 Å². The molecular weight excluding hydrogens is 448 g/mol. The number of rotatable bonds is 7. The van der Waals surface area contributed by atoms with E-state index < -0.39 is 29.2 Å². The van der Waals surface area contributed by atoms with Crippen LogP contribution in [0.2, 0.25) is 0 Å². The number of hydrogen-bond donors (Lipinski definition) is 1. The van der Waals surface area contributed by atoms with Crippen LogP contribution in [-0.4, -0.2) is 30.2 Å². The van der Waals surface area contributed by atoms with E-state index in [4.69, 9.17) is 14.2 Å². The van der Waals surface area contributed by atoms with E-state index in [1.165, 1.54) is 0 Å². The number of methoxy groups -OCH3 is 1. The van der Waals surface area contributed by atoms with Gasteiger partial charge in [-0.05, 0) is 36.1 Å². The van der Waals surface area contributed by atoms with Gasteiger partial charge in [0.15, 0.2) is 5.79 Å². The molecule has 1 N–H and O–H groups in total. The zero-order valence-electron chi connectivity index (χ0n) is 20.9. The quantitative estimate of drug-likeness (QED) is 0.351. The summed E-state index contributed by atoms with van der Waals surface area (Å²) in [5, 5.41) is 12.7. The molecule has 36 heavy (non-hydrogen) atoms. The number of hydrogen-bond acceptors (Lipinski definition) is 4. The van der Waals surface area contributed by atoms with Gasteiger partial charge >= 0.3 is 0 Å². The molecule has 0 unspecified atom stereocenters. The average molecular weight is 481 g/mol. The summed E-state index contributed by atoms with van der Waals surface area (Å²) in [5.74, 6) is -0.972. The third-order valence-electron chi connectivity index (χ3n) is 7.06. The molecule has 0 aromatic heterocycles. The fourth-order valence-corrected chi connectivity index (χ4v) is 5.46. The van der Waals surface area contributed by atoms with Gasteiger partial charge in [0.1, 0.15) is 23.4 Å². The molecule has 2 atom stereocenters. The van der Waals surface area contributed by atoms with Gasteiger partial charge in [-0.2, -0.15) is 0 Å². The van der Waals surface area contributed by atoms with E-state index in [2.05, 4.69) is 0 Å². The maximum Gasteiger partial charge on any atom is 0.164 e. The van der Waals surface area contributed by atoms with Crippen molar-refractivity contribution in [2.75, 3.05) is 7.11 Å². The first-order valence-corrected chi connectivity index (χ1v) is 12.3. The van der Waals surface area contributed by atoms with E-state index in [1.54, 1.807) is 7.11 Å². The van der Waals surface area contributed by atoms with Gasteiger partial charge in [0, 0.05) is 7.11 Å². The standard InChI is InChI=1S/C32H32O4/c1-30(2)35-28(31(33,24-16-8-4-9-17-24)25-18-10-5-11-19-25)29(36-30)32(34-3,26-20-12-6-13-21-26)27-22-14-7-15-23-27/h4-23,28-29,33H,1-3H3/t28-,29-/m1/s1. The Kier molecular flexibility index (Phi) is 6.54. The Bertz CT molecular complexity index is 1180. The van der Waals surface area contributed by atoms with Gasteiger partial charge in [-0.25, -0.2) is 0 Å². The first-order chi connectivity index (χ1) is 17.4. The van der Waals surface area contributed by atoms with E-state index >= 15 is 0 Å². The van der Waals surface area contributed by atoms with Crippen LogP contribution in [0, 0.1) is 0 Å². The molecule has 4 heteroatoms. The number of benzene rings is 4. The number of ether oxygens (including phenoxy) is 3. The van der Waals surface area contributed by atoms with Crippen LogP contribution < -0.4 is 0 Å². The minimum absolute atomic E-state index is 0.701. The molecule has 0 amide bonds. The SMILES string of the molecule is COC(c1ccccc1)(c1ccccc1)[C@@H]1OC(C)(C)O[C@H]1C(O)(c1ccccc1)c1ccccc1. The minimum Gasteiger partial charge on any atom is -0.378 e. The van der Waals surface area contributed by atoms with Crippen LogP contribution in [0.5, 0.6) is 0 Å². The second-order valence-corrected chi connectivity index (χ2v) is 9.65. The van der Waals surface area contributed by atoms with Crippen LogP contribution in [-0.2, 0) is 25.4 Å². The summed E-state index contributed by atoms with van der Waals surface area (Å²) < 4.78 is 19.8. The molecule has 184 valence electrons. The highest BCUT2D eigenvalue weighted by Crippen LogP contribution is 2.51. The highest BCUT2D eigenvalue weighted by molar-refractivity contribution is 5.43. The molecular formula is C32H32O4. The molecule has 1 fully saturated rings. The second kappa shape index (κ2) is 9.64. The summed E-state index contributed by atoms with van der Waals surface area (Å²) in [6.45, 7) is 3.76. The first-order valence-electron chi connectivity index (χ1n) is 12.3. The maximum absolute atomic E-state index is 12.7. The summed E-state index contributed by atoms with van der Waals surface area (Å²) in [4.78, 5) is 0. The molecule has 4 nitrogen and oxygen atoms in total. The molecule has 4 aromatic carbocycles. The number of aliphatic hydroxyl groups is 1. The van der Waals surface area contributed by atoms with E-state index in [0.717, 1.165) is 22.3 Å². The third kappa shape index (κ3) is 4.06. The predicted molar refractivity (Wildman–Crippen MR) is 140 cm³/mol. The van der Waals surface area contributed by atoms with Gasteiger partial charge in [0.25, 0.3) is 0 Å². The zero-order chi connectivity index (χ0) is 25.2. The van der Waals surface area contributed by atoms with Gasteiger partial charge in [-0.15, -0.1) is 0 Å². The molecule has 5 rings (SSSR count). The third-order valence-corrected chi connectivity index (χ3v) is 7.06. The highest BCUT2D eigenvalue weighted by atomic mass is 16.8. The Labute approximate surface area is 213 Å². The van der Waals surface area contributed by atoms with Crippen molar-refractivity contribution in [3.8, 4) is 0 Å². The largest absolute Gasteiger partial charge is 0.378 e. The van der Waals surface area contributed by atoms with Crippen molar-refractivity contribution in [2.24, 2.45) is 0 Å². The van der Waals surface area contributed by atoms with E-state index in [-0.39, 0.29) is 0 Å². The van der Waals surface area contributed by atoms with E-state index in [1.807, 2.05) is 135 Å². The lowest BCUT2D eigenvalue weighted by molar-refractivity contribution is -0.174. The van der Waals surface area contributed by atoms with Gasteiger partial charge in [-0.3, -0.25) is 0 Å². The Morgan fingerprint density at radius 3 is 1.28 bits per heavy atom. The van der Waals surface area contributed by atoms with Crippen LogP contribution in [0.1, 0.15) is 36.1 Å². The summed E-state index contributed by atoms with van der Waals surface area (Å²) in [7, 11) is 1.69. The maximum atomic E-state index is 12.7. The molecule has 1 aliphatic heterocycles. The van der Waals surface area contributed by atoms with Gasteiger partial charge < -0.3 is 19.3 Å². The van der Waals surface area contributed by atoms with Crippen LogP contribution in [0.15, 0.2) is 121 Å². The summed E-state index contributed by atoms with van der Waals surface area (Å²) in [6, 6.07) is 39.4. The van der Waals surface area contributed by atoms with Crippen molar-refractivity contribution in [1.29, 1.82) is 0 Å². The van der Waals surface area contributed by atoms with Crippen molar-refractivity contribution in [3.05, 3.63) is 144 Å². The highest BCUT2D eigenvalue weighted by Gasteiger charge is 2.62. The van der Waals surface area contributed by atoms with Crippen LogP contribution in [0.3, 0.4) is 0 Å². The molecule has 1 aliphatic rings. The molecule has 0 aliphatic carbocycles. The normalized spacial score (nSPS) is 19.8. The van der Waals surface area contributed by atoms with E-state index in [9.17, 15) is 5.11 Å². The molecule has 0 saturated carbocycles. The van der Waals surface area contributed by atoms with Crippen molar-refractivity contribution >= 4 is 0 Å². The Hall–Kier alpha value is -3.28. The molecule has 0 bridgehead atoms. The molecule has 1 saturated heterocycles. The summed E-state index contributed by atoms with van der Waals surface area (Å²) >= 11 is 0. The lowest BCUT2D eigenvalue weighted by Gasteiger charge is -2.44. The lowest BCUT2D eigenvalue weighted by atomic mass is 9.72. The van der Waals surface area contributed by atoms with Crippen LogP contribution >= 0.6 is 0 Å². The lowest BCUT2D eigenvalue weighted by Crippen LogP contribution is -2.55. The smallest absolute Gasteiger partial charge is 0.164 e. The van der Waals surface area contributed by atoms with Gasteiger partial charge in [0.05, 0.1) is 0 Å². The van der Waals surface area contributed by atoms with Gasteiger partial charge in [0.2, 0.25) is 0 Å². The predicted octanol–water partition coefficient (Wildman–Crippen LogP) is 6.03. The van der Waals surface area contributed by atoms with Gasteiger partial charge in [-0.1, -0.05) is 121 Å². The zero-order valence-corrected chi connectivity index (χ0v) is 20.9. The van der Waals surface area contributed by atoms with Crippen LogP contribution in [0.4, 0.5) is 0 Å². The summed E-state index contributed by atoms with van der Waals surface area (Å²) in [5.41, 5.74) is 0.696. The van der Waals surface area contributed by atoms with Crippen molar-refractivity contribution in [3.63, 3.8) is 0 Å². The van der Waals surface area contributed by atoms with Crippen molar-refractivity contribution < 1.29 is 19.3 Å². The first kappa shape index (κ1) is 24.4. The Balaban J connectivity index is 1.79. The van der Waals surface area contributed by atoms with Crippen molar-refractivity contribution in [1.82, 2.24) is 0 Å². The Morgan fingerprint density at radius 2 is 0.917 bits per heavy atom. The van der Waals surface area contributed by atoms with Crippen molar-refractivity contribution in [2.45, 2.75) is 43.0 Å². The molecule has 0 spiro atoms. The molecule has 1 heterocycles. The topological polar surface area (TPSA) is 47.9 Å². The molecule has 4 aromatic rings. The fraction of sp³-hybridized carbons (Fsp3) is 0.250. The average Bonchev–Trinajstić information content (AvgIpc) is 3.27. The minimum atomic E-state index is -1.52. The fourth-order valence-electron chi connectivity index (χ4n) is 5.46. The van der Waals surface area contributed by atoms with E-state index in [0.29, 0.717) is 0 Å². The monoisotopic (exact) mass is 480 g/mol. The Morgan fingerprint density at radius 1 is 0.583 bits per heavy atom. The summed E-state index contributed by atoms with van der Waals surface area (Å²) in [6.07, 6.45) is -1.51. The second-order valence-electron chi connectivity index (χ2n) is 9.65. The molecule has 0 radical (unpaired) electrons.